The summed E-state index contributed by atoms with van der Waals surface area (Å²) in [7, 11) is -3.84. The number of halogens is 2. The smallest absolute Gasteiger partial charge is 0.236 e. The van der Waals surface area contributed by atoms with E-state index in [9.17, 15) is 17.2 Å². The van der Waals surface area contributed by atoms with Crippen molar-refractivity contribution in [1.82, 2.24) is 9.97 Å². The van der Waals surface area contributed by atoms with Gasteiger partial charge < -0.3 is 10.2 Å². The molecule has 0 unspecified atom stereocenters. The van der Waals surface area contributed by atoms with E-state index < -0.39 is 27.4 Å². The molecule has 0 amide bonds. The fourth-order valence-corrected chi connectivity index (χ4v) is 4.75. The lowest BCUT2D eigenvalue weighted by molar-refractivity contribution is 0.579. The predicted molar refractivity (Wildman–Crippen MR) is 121 cm³/mol. The molecular weight excluding hydrogens is 436 g/mol. The average Bonchev–Trinajstić information content (AvgIpc) is 3.22. The summed E-state index contributed by atoms with van der Waals surface area (Å²) in [6.45, 7) is 3.80. The molecule has 10 heteroatoms. The van der Waals surface area contributed by atoms with E-state index >= 15 is 0 Å². The van der Waals surface area contributed by atoms with Gasteiger partial charge in [-0.25, -0.2) is 22.2 Å². The van der Waals surface area contributed by atoms with Crippen molar-refractivity contribution in [1.29, 1.82) is 0 Å². The summed E-state index contributed by atoms with van der Waals surface area (Å²) < 4.78 is 53.8. The average molecular weight is 460 g/mol. The Bertz CT molecular complexity index is 1190. The fraction of sp³-hybridized carbons (Fsp3) is 0.273. The van der Waals surface area contributed by atoms with Crippen molar-refractivity contribution in [3.05, 3.63) is 71.4 Å². The molecule has 1 aromatic heterocycles. The van der Waals surface area contributed by atoms with E-state index in [2.05, 4.69) is 24.9 Å². The van der Waals surface area contributed by atoms with Crippen LogP contribution in [0.1, 0.15) is 24.1 Å². The quantitative estimate of drug-likeness (QED) is 0.546. The van der Waals surface area contributed by atoms with Gasteiger partial charge in [-0.15, -0.1) is 0 Å². The molecule has 168 valence electrons. The van der Waals surface area contributed by atoms with Crippen LogP contribution in [0.15, 0.2) is 48.5 Å². The van der Waals surface area contributed by atoms with Crippen molar-refractivity contribution in [2.24, 2.45) is 0 Å². The number of benzene rings is 2. The van der Waals surface area contributed by atoms with E-state index in [1.807, 2.05) is 13.0 Å². The SMILES string of the molecule is Cc1cc(Nc2ccc(NS(=O)(=O)Cc3cc(F)cc(F)c3)cc2)nc(N2CCCC2)n1. The Hall–Kier alpha value is -3.27. The molecule has 3 aromatic rings. The third-order valence-electron chi connectivity index (χ3n) is 4.94. The molecule has 0 bridgehead atoms. The topological polar surface area (TPSA) is 87.2 Å². The zero-order valence-corrected chi connectivity index (χ0v) is 18.3. The largest absolute Gasteiger partial charge is 0.341 e. The number of rotatable bonds is 7. The highest BCUT2D eigenvalue weighted by Crippen LogP contribution is 2.23. The van der Waals surface area contributed by atoms with E-state index in [1.54, 1.807) is 24.3 Å². The summed E-state index contributed by atoms with van der Waals surface area (Å²) in [6.07, 6.45) is 2.26. The minimum atomic E-state index is -3.84. The maximum Gasteiger partial charge on any atom is 0.236 e. The molecular formula is C22H23F2N5O2S. The molecule has 1 saturated heterocycles. The van der Waals surface area contributed by atoms with Gasteiger partial charge in [-0.1, -0.05) is 0 Å². The summed E-state index contributed by atoms with van der Waals surface area (Å²) in [4.78, 5) is 11.2. The Labute approximate surface area is 185 Å². The molecule has 0 saturated carbocycles. The minimum Gasteiger partial charge on any atom is -0.341 e. The maximum atomic E-state index is 13.3. The van der Waals surface area contributed by atoms with Crippen LogP contribution in [0.5, 0.6) is 0 Å². The lowest BCUT2D eigenvalue weighted by Crippen LogP contribution is -2.21. The minimum absolute atomic E-state index is 0.0289. The summed E-state index contributed by atoms with van der Waals surface area (Å²) in [5, 5.41) is 3.21. The van der Waals surface area contributed by atoms with Gasteiger partial charge in [0.15, 0.2) is 0 Å². The van der Waals surface area contributed by atoms with Crippen LogP contribution >= 0.6 is 0 Å². The van der Waals surface area contributed by atoms with Gasteiger partial charge in [0.1, 0.15) is 17.5 Å². The number of nitrogens with one attached hydrogen (secondary N) is 2. The highest BCUT2D eigenvalue weighted by molar-refractivity contribution is 7.91. The molecule has 1 aliphatic rings. The van der Waals surface area contributed by atoms with Crippen LogP contribution in [-0.4, -0.2) is 31.5 Å². The standard InChI is InChI=1S/C22H23F2N5O2S/c1-15-10-21(27-22(25-15)29-8-2-3-9-29)26-19-4-6-20(7-5-19)28-32(30,31)14-16-11-17(23)13-18(24)12-16/h4-7,10-13,28H,2-3,8-9,14H2,1H3,(H,25,26,27). The van der Waals surface area contributed by atoms with Gasteiger partial charge in [0.2, 0.25) is 16.0 Å². The molecule has 2 N–H and O–H groups in total. The monoisotopic (exact) mass is 459 g/mol. The van der Waals surface area contributed by atoms with Crippen LogP contribution in [0.4, 0.5) is 31.9 Å². The van der Waals surface area contributed by atoms with Crippen LogP contribution in [0.25, 0.3) is 0 Å². The molecule has 0 radical (unpaired) electrons. The number of sulfonamides is 1. The van der Waals surface area contributed by atoms with E-state index in [0.717, 1.165) is 49.4 Å². The van der Waals surface area contributed by atoms with Crippen molar-refractivity contribution in [2.75, 3.05) is 28.0 Å². The van der Waals surface area contributed by atoms with Gasteiger partial charge in [0.25, 0.3) is 0 Å². The summed E-state index contributed by atoms with van der Waals surface area (Å²) >= 11 is 0. The van der Waals surface area contributed by atoms with Crippen molar-refractivity contribution in [2.45, 2.75) is 25.5 Å². The number of aryl methyl sites for hydroxylation is 1. The third-order valence-corrected chi connectivity index (χ3v) is 6.20. The van der Waals surface area contributed by atoms with Crippen molar-refractivity contribution in [3.8, 4) is 0 Å². The highest BCUT2D eigenvalue weighted by atomic mass is 32.2. The number of hydrogen-bond donors (Lipinski definition) is 2. The van der Waals surface area contributed by atoms with Gasteiger partial charge >= 0.3 is 0 Å². The Morgan fingerprint density at radius 1 is 0.938 bits per heavy atom. The Kier molecular flexibility index (Phi) is 6.22. The lowest BCUT2D eigenvalue weighted by atomic mass is 10.2. The molecule has 4 rings (SSSR count). The van der Waals surface area contributed by atoms with Crippen LogP contribution in [0.2, 0.25) is 0 Å². The molecule has 7 nitrogen and oxygen atoms in total. The number of aromatic nitrogens is 2. The first kappa shape index (κ1) is 21.9. The molecule has 0 atom stereocenters. The Morgan fingerprint density at radius 2 is 1.56 bits per heavy atom. The van der Waals surface area contributed by atoms with Crippen LogP contribution in [-0.2, 0) is 15.8 Å². The number of nitrogens with zero attached hydrogens (tertiary/aromatic N) is 3. The van der Waals surface area contributed by atoms with Crippen molar-refractivity contribution >= 4 is 33.2 Å². The summed E-state index contributed by atoms with van der Waals surface area (Å²) in [6, 6.07) is 11.2. The lowest BCUT2D eigenvalue weighted by Gasteiger charge is -2.17. The predicted octanol–water partition coefficient (Wildman–Crippen LogP) is 4.35. The third kappa shape index (κ3) is 5.70. The zero-order chi connectivity index (χ0) is 22.7. The first-order valence-corrected chi connectivity index (χ1v) is 11.8. The summed E-state index contributed by atoms with van der Waals surface area (Å²) in [5.74, 6) is -0.831. The maximum absolute atomic E-state index is 13.3. The van der Waals surface area contributed by atoms with Gasteiger partial charge in [-0.2, -0.15) is 4.98 Å². The molecule has 32 heavy (non-hydrogen) atoms. The number of anilines is 4. The Morgan fingerprint density at radius 3 is 2.22 bits per heavy atom. The van der Waals surface area contributed by atoms with E-state index in [1.165, 1.54) is 0 Å². The second-order valence-electron chi connectivity index (χ2n) is 7.73. The molecule has 2 heterocycles. The van der Waals surface area contributed by atoms with Gasteiger partial charge in [0.05, 0.1) is 5.75 Å². The van der Waals surface area contributed by atoms with Crippen LogP contribution < -0.4 is 14.9 Å². The molecule has 1 aliphatic heterocycles. The van der Waals surface area contributed by atoms with Gasteiger partial charge in [-0.05, 0) is 61.7 Å². The molecule has 0 aliphatic carbocycles. The second-order valence-corrected chi connectivity index (χ2v) is 9.45. The first-order valence-electron chi connectivity index (χ1n) is 10.2. The van der Waals surface area contributed by atoms with Gasteiger partial charge in [-0.3, -0.25) is 4.72 Å². The fourth-order valence-electron chi connectivity index (χ4n) is 3.57. The van der Waals surface area contributed by atoms with Crippen molar-refractivity contribution < 1.29 is 17.2 Å². The second kappa shape index (κ2) is 9.07. The zero-order valence-electron chi connectivity index (χ0n) is 17.5. The van der Waals surface area contributed by atoms with Gasteiger partial charge in [0, 0.05) is 42.3 Å². The normalized spacial score (nSPS) is 13.9. The Balaban J connectivity index is 1.43. The van der Waals surface area contributed by atoms with Crippen LogP contribution in [0, 0.1) is 18.6 Å². The highest BCUT2D eigenvalue weighted by Gasteiger charge is 2.16. The van der Waals surface area contributed by atoms with E-state index in [-0.39, 0.29) is 5.56 Å². The van der Waals surface area contributed by atoms with Crippen molar-refractivity contribution in [3.63, 3.8) is 0 Å². The molecule has 2 aromatic carbocycles. The number of hydrogen-bond acceptors (Lipinski definition) is 6. The first-order chi connectivity index (χ1) is 15.3. The van der Waals surface area contributed by atoms with E-state index in [0.29, 0.717) is 23.5 Å². The van der Waals surface area contributed by atoms with Crippen LogP contribution in [0.3, 0.4) is 0 Å². The molecule has 1 fully saturated rings. The van der Waals surface area contributed by atoms with E-state index in [4.69, 9.17) is 0 Å². The summed E-state index contributed by atoms with van der Waals surface area (Å²) in [5.41, 5.74) is 1.94. The molecule has 0 spiro atoms.